The van der Waals surface area contributed by atoms with Gasteiger partial charge in [0.25, 0.3) is 5.60 Å². The van der Waals surface area contributed by atoms with Gasteiger partial charge in [-0.3, -0.25) is 0 Å². The summed E-state index contributed by atoms with van der Waals surface area (Å²) in [5.74, 6) is -3.66. The molecule has 1 aromatic rings. The van der Waals surface area contributed by atoms with E-state index in [2.05, 4.69) is 0 Å². The van der Waals surface area contributed by atoms with Gasteiger partial charge in [-0.25, -0.2) is 9.59 Å². The number of benzene rings is 1. The Morgan fingerprint density at radius 1 is 1.28 bits per heavy atom. The summed E-state index contributed by atoms with van der Waals surface area (Å²) in [6.45, 7) is 1.91. The zero-order chi connectivity index (χ0) is 13.9. The largest absolute Gasteiger partial charge is 0.478 e. The molecule has 0 spiro atoms. The normalized spacial score (nSPS) is 11.2. The number of carbonyl (C=O) groups is 2. The smallest absolute Gasteiger partial charge is 0.352 e. The fraction of sp³-hybridized carbons (Fsp3) is 0.333. The molecule has 98 valence electrons. The summed E-state index contributed by atoms with van der Waals surface area (Å²) in [7, 11) is 0. The fourth-order valence-electron chi connectivity index (χ4n) is 1.66. The Morgan fingerprint density at radius 2 is 1.83 bits per heavy atom. The van der Waals surface area contributed by atoms with Crippen molar-refractivity contribution in [1.82, 2.24) is 0 Å². The van der Waals surface area contributed by atoms with E-state index < -0.39 is 17.5 Å². The van der Waals surface area contributed by atoms with Crippen LogP contribution in [0.3, 0.4) is 0 Å². The third-order valence-electron chi connectivity index (χ3n) is 2.70. The summed E-state index contributed by atoms with van der Waals surface area (Å²) < 4.78 is 0. The first-order valence-electron chi connectivity index (χ1n) is 5.42. The van der Waals surface area contributed by atoms with Gasteiger partial charge < -0.3 is 21.1 Å². The van der Waals surface area contributed by atoms with Crippen molar-refractivity contribution in [2.45, 2.75) is 25.4 Å². The second-order valence-electron chi connectivity index (χ2n) is 3.98. The van der Waals surface area contributed by atoms with Crippen LogP contribution < -0.4 is 5.73 Å². The molecule has 0 unspecified atom stereocenters. The predicted molar refractivity (Wildman–Crippen MR) is 64.0 cm³/mol. The SMILES string of the molecule is CCCc1cc(C(O)(C(=O)O)C(=O)O)ccc1N. The Balaban J connectivity index is 3.35. The van der Waals surface area contributed by atoms with Crippen molar-refractivity contribution in [1.29, 1.82) is 0 Å². The van der Waals surface area contributed by atoms with E-state index in [0.29, 0.717) is 17.7 Å². The topological polar surface area (TPSA) is 121 Å². The van der Waals surface area contributed by atoms with Crippen LogP contribution in [-0.2, 0) is 21.6 Å². The number of rotatable bonds is 5. The monoisotopic (exact) mass is 253 g/mol. The number of aliphatic carboxylic acids is 2. The summed E-state index contributed by atoms with van der Waals surface area (Å²) in [6, 6.07) is 3.93. The molecule has 18 heavy (non-hydrogen) atoms. The van der Waals surface area contributed by atoms with Gasteiger partial charge in [-0.05, 0) is 24.1 Å². The number of carboxylic acid groups (broad SMARTS) is 2. The van der Waals surface area contributed by atoms with Crippen LogP contribution in [0.25, 0.3) is 0 Å². The molecule has 0 heterocycles. The minimum Gasteiger partial charge on any atom is -0.478 e. The molecule has 0 aliphatic rings. The second kappa shape index (κ2) is 5.05. The summed E-state index contributed by atoms with van der Waals surface area (Å²) in [6.07, 6.45) is 1.35. The van der Waals surface area contributed by atoms with E-state index in [1.165, 1.54) is 18.2 Å². The van der Waals surface area contributed by atoms with E-state index >= 15 is 0 Å². The molecule has 1 aromatic carbocycles. The molecular formula is C12H15NO5. The summed E-state index contributed by atoms with van der Waals surface area (Å²) >= 11 is 0. The molecule has 0 amide bonds. The highest BCUT2D eigenvalue weighted by Gasteiger charge is 2.46. The average Bonchev–Trinajstić information content (AvgIpc) is 2.30. The van der Waals surface area contributed by atoms with Crippen molar-refractivity contribution < 1.29 is 24.9 Å². The maximum Gasteiger partial charge on any atom is 0.352 e. The molecule has 5 N–H and O–H groups in total. The van der Waals surface area contributed by atoms with Crippen molar-refractivity contribution in [3.05, 3.63) is 29.3 Å². The van der Waals surface area contributed by atoms with Crippen LogP contribution in [0.15, 0.2) is 18.2 Å². The van der Waals surface area contributed by atoms with E-state index in [0.717, 1.165) is 6.42 Å². The highest BCUT2D eigenvalue weighted by molar-refractivity contribution is 6.02. The highest BCUT2D eigenvalue weighted by Crippen LogP contribution is 2.26. The second-order valence-corrected chi connectivity index (χ2v) is 3.98. The van der Waals surface area contributed by atoms with Crippen LogP contribution in [0, 0.1) is 0 Å². The summed E-state index contributed by atoms with van der Waals surface area (Å²) in [5.41, 5.74) is 3.60. The van der Waals surface area contributed by atoms with Crippen LogP contribution in [-0.4, -0.2) is 27.3 Å². The Kier molecular flexibility index (Phi) is 3.93. The quantitative estimate of drug-likeness (QED) is 0.450. The number of anilines is 1. The van der Waals surface area contributed by atoms with E-state index in [1.54, 1.807) is 0 Å². The van der Waals surface area contributed by atoms with Gasteiger partial charge >= 0.3 is 11.9 Å². The molecule has 0 atom stereocenters. The number of aliphatic hydroxyl groups is 1. The molecule has 6 heteroatoms. The molecule has 0 aliphatic carbocycles. The number of hydrogen-bond donors (Lipinski definition) is 4. The highest BCUT2D eigenvalue weighted by atomic mass is 16.4. The lowest BCUT2D eigenvalue weighted by Gasteiger charge is -2.20. The maximum absolute atomic E-state index is 11.0. The van der Waals surface area contributed by atoms with Crippen LogP contribution >= 0.6 is 0 Å². The zero-order valence-corrected chi connectivity index (χ0v) is 9.88. The van der Waals surface area contributed by atoms with Crippen molar-refractivity contribution in [2.75, 3.05) is 5.73 Å². The van der Waals surface area contributed by atoms with E-state index in [-0.39, 0.29) is 5.56 Å². The Bertz CT molecular complexity index is 469. The van der Waals surface area contributed by atoms with Gasteiger partial charge in [0.1, 0.15) is 0 Å². The van der Waals surface area contributed by atoms with Crippen LogP contribution in [0.1, 0.15) is 24.5 Å². The van der Waals surface area contributed by atoms with E-state index in [1.807, 2.05) is 6.92 Å². The maximum atomic E-state index is 11.0. The summed E-state index contributed by atoms with van der Waals surface area (Å²) in [4.78, 5) is 21.9. The van der Waals surface area contributed by atoms with E-state index in [4.69, 9.17) is 15.9 Å². The van der Waals surface area contributed by atoms with Gasteiger partial charge in [0.2, 0.25) is 0 Å². The van der Waals surface area contributed by atoms with E-state index in [9.17, 15) is 14.7 Å². The Hall–Kier alpha value is -2.08. The third-order valence-corrected chi connectivity index (χ3v) is 2.70. The number of nitrogen functional groups attached to an aromatic ring is 1. The molecule has 0 fully saturated rings. The van der Waals surface area contributed by atoms with Gasteiger partial charge in [-0.1, -0.05) is 19.4 Å². The first-order chi connectivity index (χ1) is 8.33. The van der Waals surface area contributed by atoms with Crippen molar-refractivity contribution >= 4 is 17.6 Å². The molecule has 0 radical (unpaired) electrons. The van der Waals surface area contributed by atoms with Gasteiger partial charge in [-0.15, -0.1) is 0 Å². The lowest BCUT2D eigenvalue weighted by atomic mass is 9.91. The standard InChI is InChI=1S/C12H15NO5/c1-2-3-7-6-8(4-5-9(7)13)12(18,10(14)15)11(16)17/h4-6,18H,2-3,13H2,1H3,(H,14,15)(H,16,17). The molecule has 0 saturated heterocycles. The first-order valence-corrected chi connectivity index (χ1v) is 5.42. The Labute approximate surface area is 104 Å². The van der Waals surface area contributed by atoms with Gasteiger partial charge in [-0.2, -0.15) is 0 Å². The molecule has 0 aliphatic heterocycles. The minimum absolute atomic E-state index is 0.208. The number of nitrogens with two attached hydrogens (primary N) is 1. The van der Waals surface area contributed by atoms with Crippen LogP contribution in [0.4, 0.5) is 5.69 Å². The molecule has 1 rings (SSSR count). The average molecular weight is 253 g/mol. The minimum atomic E-state index is -2.95. The molecule has 0 saturated carbocycles. The number of carboxylic acids is 2. The van der Waals surface area contributed by atoms with Crippen LogP contribution in [0.5, 0.6) is 0 Å². The number of aryl methyl sites for hydroxylation is 1. The Morgan fingerprint density at radius 3 is 2.28 bits per heavy atom. The fourth-order valence-corrected chi connectivity index (χ4v) is 1.66. The summed E-state index contributed by atoms with van der Waals surface area (Å²) in [5, 5.41) is 27.5. The lowest BCUT2D eigenvalue weighted by molar-refractivity contribution is -0.177. The number of hydrogen-bond acceptors (Lipinski definition) is 4. The van der Waals surface area contributed by atoms with Crippen molar-refractivity contribution in [3.8, 4) is 0 Å². The van der Waals surface area contributed by atoms with Crippen molar-refractivity contribution in [2.24, 2.45) is 0 Å². The molecule has 0 bridgehead atoms. The first kappa shape index (κ1) is 14.0. The predicted octanol–water partition coefficient (Wildman–Crippen LogP) is 0.578. The molecule has 0 aromatic heterocycles. The molecule has 6 nitrogen and oxygen atoms in total. The van der Waals surface area contributed by atoms with Gasteiger partial charge in [0, 0.05) is 11.3 Å². The molecular weight excluding hydrogens is 238 g/mol. The lowest BCUT2D eigenvalue weighted by Crippen LogP contribution is -2.43. The zero-order valence-electron chi connectivity index (χ0n) is 9.88. The van der Waals surface area contributed by atoms with Gasteiger partial charge in [0.05, 0.1) is 0 Å². The van der Waals surface area contributed by atoms with Crippen LogP contribution in [0.2, 0.25) is 0 Å². The van der Waals surface area contributed by atoms with Gasteiger partial charge in [0.15, 0.2) is 0 Å². The van der Waals surface area contributed by atoms with Crippen molar-refractivity contribution in [3.63, 3.8) is 0 Å². The third kappa shape index (κ3) is 2.28.